The van der Waals surface area contributed by atoms with Gasteiger partial charge < -0.3 is 0 Å². The third-order valence-electron chi connectivity index (χ3n) is 2.67. The topological polar surface area (TPSA) is 50.7 Å². The molecule has 4 nitrogen and oxygen atoms in total. The molecule has 2 rings (SSSR count). The molecule has 0 fully saturated rings. The zero-order valence-electron chi connectivity index (χ0n) is 9.14. The summed E-state index contributed by atoms with van der Waals surface area (Å²) in [6.45, 7) is 1.76. The molecular weight excluding hydrogens is 202 g/mol. The Labute approximate surface area is 93.0 Å². The van der Waals surface area contributed by atoms with Crippen LogP contribution in [-0.4, -0.2) is 9.36 Å². The van der Waals surface area contributed by atoms with E-state index in [-0.39, 0.29) is 11.1 Å². The summed E-state index contributed by atoms with van der Waals surface area (Å²) in [4.78, 5) is 12.0. The second-order valence-corrected chi connectivity index (χ2v) is 3.55. The number of nitriles is 1. The first kappa shape index (κ1) is 10.2. The van der Waals surface area contributed by atoms with Gasteiger partial charge in [0.15, 0.2) is 0 Å². The second kappa shape index (κ2) is 3.70. The van der Waals surface area contributed by atoms with Crippen LogP contribution in [-0.2, 0) is 7.05 Å². The highest BCUT2D eigenvalue weighted by Gasteiger charge is 2.14. The minimum absolute atomic E-state index is 0.200. The van der Waals surface area contributed by atoms with Gasteiger partial charge >= 0.3 is 0 Å². The fraction of sp³-hybridized carbons (Fsp3) is 0.167. The summed E-state index contributed by atoms with van der Waals surface area (Å²) < 4.78 is 3.18. The predicted octanol–water partition coefficient (Wildman–Crippen LogP) is 1.36. The number of aromatic nitrogens is 2. The average Bonchev–Trinajstić information content (AvgIpc) is 2.51. The van der Waals surface area contributed by atoms with Gasteiger partial charge in [-0.1, -0.05) is 18.2 Å². The lowest BCUT2D eigenvalue weighted by atomic mass is 10.3. The van der Waals surface area contributed by atoms with Crippen molar-refractivity contribution in [1.29, 1.82) is 5.26 Å². The van der Waals surface area contributed by atoms with Crippen molar-refractivity contribution in [2.24, 2.45) is 7.05 Å². The van der Waals surface area contributed by atoms with E-state index in [9.17, 15) is 4.79 Å². The van der Waals surface area contributed by atoms with Crippen molar-refractivity contribution in [2.75, 3.05) is 0 Å². The smallest absolute Gasteiger partial charge is 0.284 e. The Balaban J connectivity index is 2.79. The van der Waals surface area contributed by atoms with Crippen molar-refractivity contribution in [3.63, 3.8) is 0 Å². The van der Waals surface area contributed by atoms with E-state index < -0.39 is 0 Å². The minimum atomic E-state index is -0.270. The van der Waals surface area contributed by atoms with Gasteiger partial charge in [0.25, 0.3) is 5.56 Å². The molecule has 0 saturated heterocycles. The van der Waals surface area contributed by atoms with Crippen molar-refractivity contribution in [1.82, 2.24) is 9.36 Å². The van der Waals surface area contributed by atoms with Crippen molar-refractivity contribution in [2.45, 2.75) is 6.92 Å². The summed E-state index contributed by atoms with van der Waals surface area (Å²) in [5.74, 6) is 0. The molecule has 4 heteroatoms. The van der Waals surface area contributed by atoms with Crippen LogP contribution in [0.4, 0.5) is 0 Å². The van der Waals surface area contributed by atoms with Gasteiger partial charge in [0.2, 0.25) is 0 Å². The molecule has 0 bridgehead atoms. The summed E-state index contributed by atoms with van der Waals surface area (Å²) in [5, 5.41) is 8.91. The molecule has 0 amide bonds. The van der Waals surface area contributed by atoms with E-state index >= 15 is 0 Å². The van der Waals surface area contributed by atoms with Gasteiger partial charge in [-0.2, -0.15) is 5.26 Å². The minimum Gasteiger partial charge on any atom is -0.284 e. The molecule has 0 aliphatic carbocycles. The molecule has 0 spiro atoms. The second-order valence-electron chi connectivity index (χ2n) is 3.55. The Hall–Kier alpha value is -2.28. The van der Waals surface area contributed by atoms with Gasteiger partial charge in [-0.25, -0.2) is 4.68 Å². The molecule has 0 N–H and O–H groups in total. The Kier molecular flexibility index (Phi) is 2.37. The van der Waals surface area contributed by atoms with E-state index in [0.29, 0.717) is 5.69 Å². The zero-order chi connectivity index (χ0) is 11.7. The predicted molar refractivity (Wildman–Crippen MR) is 60.5 cm³/mol. The molecule has 1 aromatic heterocycles. The molecule has 0 radical (unpaired) electrons. The fourth-order valence-corrected chi connectivity index (χ4v) is 1.70. The van der Waals surface area contributed by atoms with Gasteiger partial charge in [0, 0.05) is 7.05 Å². The average molecular weight is 213 g/mol. The number of rotatable bonds is 1. The number of hydrogen-bond donors (Lipinski definition) is 0. The van der Waals surface area contributed by atoms with Gasteiger partial charge in [-0.3, -0.25) is 9.48 Å². The molecule has 80 valence electrons. The largest absolute Gasteiger partial charge is 0.289 e. The molecule has 0 saturated carbocycles. The number of para-hydroxylation sites is 1. The first-order valence-electron chi connectivity index (χ1n) is 4.91. The van der Waals surface area contributed by atoms with Crippen LogP contribution in [0.25, 0.3) is 5.69 Å². The highest BCUT2D eigenvalue weighted by atomic mass is 16.1. The standard InChI is InChI=1S/C12H11N3O/c1-9-11(8-13)12(16)15(14(9)2)10-6-4-3-5-7-10/h3-7H,1-2H3. The van der Waals surface area contributed by atoms with Gasteiger partial charge in [-0.15, -0.1) is 0 Å². The van der Waals surface area contributed by atoms with Gasteiger partial charge in [0.05, 0.1) is 11.4 Å². The Morgan fingerprint density at radius 1 is 1.25 bits per heavy atom. The van der Waals surface area contributed by atoms with Crippen molar-refractivity contribution < 1.29 is 0 Å². The van der Waals surface area contributed by atoms with Crippen LogP contribution in [0.15, 0.2) is 35.1 Å². The lowest BCUT2D eigenvalue weighted by Crippen LogP contribution is -2.20. The molecule has 16 heavy (non-hydrogen) atoms. The van der Waals surface area contributed by atoms with E-state index in [1.165, 1.54) is 4.68 Å². The molecule has 0 atom stereocenters. The molecule has 0 aliphatic heterocycles. The summed E-state index contributed by atoms with van der Waals surface area (Å²) >= 11 is 0. The Morgan fingerprint density at radius 2 is 1.88 bits per heavy atom. The van der Waals surface area contributed by atoms with Crippen LogP contribution in [0.5, 0.6) is 0 Å². The van der Waals surface area contributed by atoms with Crippen LogP contribution in [0.3, 0.4) is 0 Å². The lowest BCUT2D eigenvalue weighted by molar-refractivity contribution is 0.630. The summed E-state index contributed by atoms with van der Waals surface area (Å²) in [5.41, 5.74) is 1.37. The summed E-state index contributed by atoms with van der Waals surface area (Å²) in [6.07, 6.45) is 0. The van der Waals surface area contributed by atoms with Crippen molar-refractivity contribution >= 4 is 0 Å². The quantitative estimate of drug-likeness (QED) is 0.718. The van der Waals surface area contributed by atoms with Crippen molar-refractivity contribution in [3.8, 4) is 11.8 Å². The molecule has 1 aromatic carbocycles. The van der Waals surface area contributed by atoms with Gasteiger partial charge in [0.1, 0.15) is 11.6 Å². The normalized spacial score (nSPS) is 10.1. The van der Waals surface area contributed by atoms with Crippen LogP contribution < -0.4 is 5.56 Å². The highest BCUT2D eigenvalue weighted by molar-refractivity contribution is 5.37. The highest BCUT2D eigenvalue weighted by Crippen LogP contribution is 2.08. The molecule has 0 unspecified atom stereocenters. The van der Waals surface area contributed by atoms with Crippen LogP contribution >= 0.6 is 0 Å². The van der Waals surface area contributed by atoms with E-state index in [2.05, 4.69) is 0 Å². The maximum absolute atomic E-state index is 12.0. The number of nitrogens with zero attached hydrogens (tertiary/aromatic N) is 3. The van der Waals surface area contributed by atoms with Crippen molar-refractivity contribution in [3.05, 3.63) is 51.9 Å². The van der Waals surface area contributed by atoms with Crippen LogP contribution in [0.1, 0.15) is 11.3 Å². The number of hydrogen-bond acceptors (Lipinski definition) is 2. The van der Waals surface area contributed by atoms with Gasteiger partial charge in [-0.05, 0) is 19.1 Å². The van der Waals surface area contributed by atoms with E-state index in [1.807, 2.05) is 36.4 Å². The zero-order valence-corrected chi connectivity index (χ0v) is 9.14. The van der Waals surface area contributed by atoms with E-state index in [1.54, 1.807) is 18.7 Å². The summed E-state index contributed by atoms with van der Waals surface area (Å²) in [6, 6.07) is 11.2. The van der Waals surface area contributed by atoms with Crippen LogP contribution in [0.2, 0.25) is 0 Å². The molecule has 0 aliphatic rings. The molecule has 2 aromatic rings. The summed E-state index contributed by atoms with van der Waals surface area (Å²) in [7, 11) is 1.77. The van der Waals surface area contributed by atoms with Crippen LogP contribution in [0, 0.1) is 18.3 Å². The van der Waals surface area contributed by atoms with E-state index in [0.717, 1.165) is 5.69 Å². The van der Waals surface area contributed by atoms with E-state index in [4.69, 9.17) is 5.26 Å². The monoisotopic (exact) mass is 213 g/mol. The first-order valence-corrected chi connectivity index (χ1v) is 4.91. The maximum atomic E-state index is 12.0. The Morgan fingerprint density at radius 3 is 2.38 bits per heavy atom. The number of benzene rings is 1. The Bertz CT molecular complexity index is 614. The first-order chi connectivity index (χ1) is 7.66. The molecule has 1 heterocycles. The maximum Gasteiger partial charge on any atom is 0.289 e. The fourth-order valence-electron chi connectivity index (χ4n) is 1.70. The molecular formula is C12H11N3O. The lowest BCUT2D eigenvalue weighted by Gasteiger charge is -2.07. The third-order valence-corrected chi connectivity index (χ3v) is 2.67. The SMILES string of the molecule is Cc1c(C#N)c(=O)n(-c2ccccc2)n1C. The third kappa shape index (κ3) is 1.34.